The van der Waals surface area contributed by atoms with Crippen molar-refractivity contribution in [3.63, 3.8) is 0 Å². The molecule has 1 rings (SSSR count). The summed E-state index contributed by atoms with van der Waals surface area (Å²) in [5, 5.41) is 0.396. The van der Waals surface area contributed by atoms with Crippen molar-refractivity contribution in [1.29, 1.82) is 0 Å². The summed E-state index contributed by atoms with van der Waals surface area (Å²) in [5.74, 6) is 9.49. The number of anilines is 2. The molecule has 0 fully saturated rings. The molecule has 0 saturated carbocycles. The molecule has 0 bridgehead atoms. The first-order valence-corrected chi connectivity index (χ1v) is 5.87. The second kappa shape index (κ2) is 6.30. The number of aromatic nitrogens is 2. The summed E-state index contributed by atoms with van der Waals surface area (Å²) in [6, 6.07) is -2.19. The Hall–Kier alpha value is -2.50. The predicted molar refractivity (Wildman–Crippen MR) is 74.2 cm³/mol. The number of urea groups is 2. The summed E-state index contributed by atoms with van der Waals surface area (Å²) in [7, 11) is 0. The van der Waals surface area contributed by atoms with Gasteiger partial charge in [-0.05, 0) is 0 Å². The highest BCUT2D eigenvalue weighted by Crippen LogP contribution is 2.26. The molecule has 4 amide bonds. The Labute approximate surface area is 123 Å². The maximum Gasteiger partial charge on any atom is 0.335 e. The minimum atomic E-state index is -1.11. The van der Waals surface area contributed by atoms with Crippen LogP contribution in [0, 0.1) is 0 Å². The molecule has 0 aliphatic heterocycles. The summed E-state index contributed by atoms with van der Waals surface area (Å²) in [6.07, 6.45) is 0.0477. The first-order valence-electron chi connectivity index (χ1n) is 5.49. The molecule has 0 aliphatic rings. The molecule has 0 aliphatic carbocycles. The number of rotatable bonds is 4. The number of ketones is 1. The van der Waals surface area contributed by atoms with E-state index in [2.05, 4.69) is 9.97 Å². The van der Waals surface area contributed by atoms with Crippen LogP contribution < -0.4 is 33.2 Å². The second-order valence-corrected chi connectivity index (χ2v) is 4.06. The van der Waals surface area contributed by atoms with E-state index in [-0.39, 0.29) is 23.1 Å². The molecule has 0 spiro atoms. The summed E-state index contributed by atoms with van der Waals surface area (Å²) in [4.78, 5) is 41.5. The minimum Gasteiger partial charge on any atom is -0.350 e. The number of primary amides is 2. The molecule has 0 radical (unpaired) electrons. The van der Waals surface area contributed by atoms with Gasteiger partial charge in [0.2, 0.25) is 0 Å². The molecule has 8 N–H and O–H groups in total. The largest absolute Gasteiger partial charge is 0.350 e. The smallest absolute Gasteiger partial charge is 0.335 e. The molecule has 11 nitrogen and oxygen atoms in total. The molecule has 12 heteroatoms. The van der Waals surface area contributed by atoms with Crippen LogP contribution >= 0.6 is 11.6 Å². The first kappa shape index (κ1) is 16.6. The van der Waals surface area contributed by atoms with Crippen LogP contribution in [0.4, 0.5) is 21.2 Å². The zero-order chi connectivity index (χ0) is 16.3. The molecule has 0 unspecified atom stereocenters. The van der Waals surface area contributed by atoms with E-state index < -0.39 is 23.7 Å². The van der Waals surface area contributed by atoms with Gasteiger partial charge < -0.3 is 11.5 Å². The quantitative estimate of drug-likeness (QED) is 0.243. The van der Waals surface area contributed by atoms with E-state index in [9.17, 15) is 14.4 Å². The molecule has 1 aromatic rings. The Morgan fingerprint density at radius 1 is 1.05 bits per heavy atom. The van der Waals surface area contributed by atoms with E-state index in [0.717, 1.165) is 0 Å². The summed E-state index contributed by atoms with van der Waals surface area (Å²) in [6.45, 7) is 1.55. The van der Waals surface area contributed by atoms with Gasteiger partial charge in [-0.1, -0.05) is 18.5 Å². The Morgan fingerprint density at radius 2 is 1.52 bits per heavy atom. The predicted octanol–water partition coefficient (Wildman–Crippen LogP) is -0.760. The normalized spacial score (nSPS) is 10.1. The zero-order valence-electron chi connectivity index (χ0n) is 10.9. The van der Waals surface area contributed by atoms with E-state index in [0.29, 0.717) is 10.0 Å². The van der Waals surface area contributed by atoms with E-state index in [1.165, 1.54) is 0 Å². The van der Waals surface area contributed by atoms with E-state index in [1.807, 2.05) is 0 Å². The third kappa shape index (κ3) is 3.34. The fourth-order valence-corrected chi connectivity index (χ4v) is 1.50. The van der Waals surface area contributed by atoms with Gasteiger partial charge in [-0.3, -0.25) is 4.79 Å². The second-order valence-electron chi connectivity index (χ2n) is 3.70. The van der Waals surface area contributed by atoms with Crippen LogP contribution in [0.5, 0.6) is 0 Å². The third-order valence-electron chi connectivity index (χ3n) is 2.33. The zero-order valence-corrected chi connectivity index (χ0v) is 11.7. The van der Waals surface area contributed by atoms with Crippen LogP contribution in [-0.4, -0.2) is 27.8 Å². The number of hydrazine groups is 2. The van der Waals surface area contributed by atoms with E-state index in [1.54, 1.807) is 6.92 Å². The van der Waals surface area contributed by atoms with Gasteiger partial charge in [-0.2, -0.15) is 0 Å². The van der Waals surface area contributed by atoms with Crippen LogP contribution in [0.3, 0.4) is 0 Å². The van der Waals surface area contributed by atoms with Gasteiger partial charge in [0.05, 0.1) is 0 Å². The number of amides is 4. The van der Waals surface area contributed by atoms with Gasteiger partial charge in [-0.25, -0.2) is 41.3 Å². The highest BCUT2D eigenvalue weighted by Gasteiger charge is 2.25. The molecular formula is C9H13ClN8O3. The van der Waals surface area contributed by atoms with Crippen LogP contribution in [-0.2, 0) is 0 Å². The molecular weight excluding hydrogens is 304 g/mol. The van der Waals surface area contributed by atoms with Gasteiger partial charge >= 0.3 is 12.1 Å². The first-order chi connectivity index (χ1) is 9.70. The number of Topliss-reactive ketones (excluding diaryl/α,β-unsaturated/α-hetero) is 1. The summed E-state index contributed by atoms with van der Waals surface area (Å²) < 4.78 is 0. The van der Waals surface area contributed by atoms with E-state index >= 15 is 0 Å². The number of carbonyl (C=O) groups excluding carboxylic acids is 3. The highest BCUT2D eigenvalue weighted by molar-refractivity contribution is 6.32. The molecule has 21 heavy (non-hydrogen) atoms. The van der Waals surface area contributed by atoms with Crippen molar-refractivity contribution in [3.8, 4) is 0 Å². The van der Waals surface area contributed by atoms with Crippen LogP contribution in [0.15, 0.2) is 0 Å². The van der Waals surface area contributed by atoms with Crippen molar-refractivity contribution in [2.24, 2.45) is 23.2 Å². The Balaban J connectivity index is 3.55. The van der Waals surface area contributed by atoms with Gasteiger partial charge in [-0.15, -0.1) is 0 Å². The Kier molecular flexibility index (Phi) is 4.97. The molecule has 1 heterocycles. The van der Waals surface area contributed by atoms with Crippen LogP contribution in [0.2, 0.25) is 5.15 Å². The number of carbonyl (C=O) groups is 3. The fourth-order valence-electron chi connectivity index (χ4n) is 1.28. The van der Waals surface area contributed by atoms with Crippen molar-refractivity contribution in [1.82, 2.24) is 9.97 Å². The topological polar surface area (TPSA) is 188 Å². The van der Waals surface area contributed by atoms with Crippen molar-refractivity contribution in [2.45, 2.75) is 13.3 Å². The van der Waals surface area contributed by atoms with Gasteiger partial charge in [0.1, 0.15) is 0 Å². The lowest BCUT2D eigenvalue weighted by Crippen LogP contribution is -2.45. The number of hydrogen-bond donors (Lipinski definition) is 4. The van der Waals surface area contributed by atoms with Crippen molar-refractivity contribution >= 4 is 41.1 Å². The lowest BCUT2D eigenvalue weighted by Gasteiger charge is -2.19. The van der Waals surface area contributed by atoms with E-state index in [4.69, 9.17) is 34.8 Å². The highest BCUT2D eigenvalue weighted by atomic mass is 35.5. The minimum absolute atomic E-state index is 0.0477. The Bertz CT molecular complexity index is 607. The van der Waals surface area contributed by atoms with Gasteiger partial charge in [0.15, 0.2) is 28.3 Å². The lowest BCUT2D eigenvalue weighted by atomic mass is 10.2. The van der Waals surface area contributed by atoms with Gasteiger partial charge in [0.25, 0.3) is 0 Å². The maximum absolute atomic E-state index is 11.8. The number of nitrogens with two attached hydrogens (primary N) is 4. The molecule has 1 aromatic heterocycles. The van der Waals surface area contributed by atoms with Crippen LogP contribution in [0.1, 0.15) is 23.8 Å². The van der Waals surface area contributed by atoms with Crippen molar-refractivity contribution in [3.05, 3.63) is 10.8 Å². The molecule has 114 valence electrons. The number of halogens is 1. The Morgan fingerprint density at radius 3 is 1.95 bits per heavy atom. The average Bonchev–Trinajstić information content (AvgIpc) is 2.44. The molecule has 0 aromatic carbocycles. The van der Waals surface area contributed by atoms with Crippen molar-refractivity contribution in [2.75, 3.05) is 10.0 Å². The lowest BCUT2D eigenvalue weighted by molar-refractivity contribution is 0.0983. The standard InChI is InChI=1S/C9H13ClN8O3/c1-2-3(19)4-6(17(13)8(11)20)16-7(5(10)15-4)18(14)9(12)21/h2,13-14H2,1H3,(H2,11,20)(H2,12,21). The fraction of sp³-hybridized carbons (Fsp3) is 0.222. The third-order valence-corrected chi connectivity index (χ3v) is 2.59. The van der Waals surface area contributed by atoms with Crippen molar-refractivity contribution < 1.29 is 14.4 Å². The monoisotopic (exact) mass is 316 g/mol. The summed E-state index contributed by atoms with van der Waals surface area (Å²) in [5.41, 5.74) is 9.71. The number of nitrogens with zero attached hydrogens (tertiary/aromatic N) is 4. The van der Waals surface area contributed by atoms with Gasteiger partial charge in [0, 0.05) is 6.42 Å². The molecule has 0 atom stereocenters. The SMILES string of the molecule is CCC(=O)c1nc(Cl)c(N(N)C(N)=O)nc1N(N)C(N)=O. The summed E-state index contributed by atoms with van der Waals surface area (Å²) >= 11 is 5.79. The average molecular weight is 317 g/mol. The molecule has 0 saturated heterocycles. The number of hydrogen-bond acceptors (Lipinski definition) is 7. The maximum atomic E-state index is 11.8. The van der Waals surface area contributed by atoms with Crippen LogP contribution in [0.25, 0.3) is 0 Å².